The van der Waals surface area contributed by atoms with E-state index < -0.39 is 5.97 Å². The summed E-state index contributed by atoms with van der Waals surface area (Å²) in [5.41, 5.74) is 13.7. The first-order valence-corrected chi connectivity index (χ1v) is 13.9. The number of aldehydes is 1. The van der Waals surface area contributed by atoms with E-state index in [-0.39, 0.29) is 18.5 Å². The Balaban J connectivity index is 2.20. The van der Waals surface area contributed by atoms with Crippen LogP contribution >= 0.6 is 0 Å². The average Bonchev–Trinajstić information content (AvgIpc) is 3.42. The molecule has 2 atom stereocenters. The number of carboxylic acid groups (broad SMARTS) is 1. The van der Waals surface area contributed by atoms with Crippen molar-refractivity contribution in [3.63, 3.8) is 0 Å². The number of benzene rings is 1. The van der Waals surface area contributed by atoms with E-state index in [9.17, 15) is 14.7 Å². The van der Waals surface area contributed by atoms with Gasteiger partial charge in [0.15, 0.2) is 5.96 Å². The summed E-state index contributed by atoms with van der Waals surface area (Å²) in [7, 11) is 0. The van der Waals surface area contributed by atoms with E-state index in [1.54, 1.807) is 6.20 Å². The lowest BCUT2D eigenvalue weighted by molar-refractivity contribution is -0.131. The highest BCUT2D eigenvalue weighted by atomic mass is 16.4. The molecule has 8 heteroatoms. The van der Waals surface area contributed by atoms with Gasteiger partial charge < -0.3 is 31.7 Å². The fourth-order valence-corrected chi connectivity index (χ4v) is 4.55. The molecule has 6 N–H and O–H groups in total. The maximum atomic E-state index is 11.6. The van der Waals surface area contributed by atoms with Crippen LogP contribution in [0.3, 0.4) is 0 Å². The van der Waals surface area contributed by atoms with Crippen LogP contribution in [0.4, 0.5) is 5.82 Å². The van der Waals surface area contributed by atoms with Crippen molar-refractivity contribution in [3.8, 4) is 0 Å². The third-order valence-corrected chi connectivity index (χ3v) is 6.63. The Morgan fingerprint density at radius 2 is 1.87 bits per heavy atom. The van der Waals surface area contributed by atoms with Gasteiger partial charge in [-0.3, -0.25) is 0 Å². The largest absolute Gasteiger partial charge is 0.478 e. The van der Waals surface area contributed by atoms with Gasteiger partial charge in [0.25, 0.3) is 0 Å². The molecular weight excluding hydrogens is 490 g/mol. The molecule has 0 aliphatic heterocycles. The van der Waals surface area contributed by atoms with Crippen LogP contribution in [0.15, 0.2) is 65.3 Å². The van der Waals surface area contributed by atoms with Gasteiger partial charge in [0.2, 0.25) is 0 Å². The van der Waals surface area contributed by atoms with Gasteiger partial charge >= 0.3 is 5.97 Å². The zero-order chi connectivity index (χ0) is 28.3. The van der Waals surface area contributed by atoms with Gasteiger partial charge in [-0.25, -0.2) is 9.79 Å². The number of allylic oxidation sites excluding steroid dienone is 1. The number of nitrogens with one attached hydrogen (secondary N) is 1. The van der Waals surface area contributed by atoms with Gasteiger partial charge in [-0.15, -0.1) is 0 Å². The zero-order valence-corrected chi connectivity index (χ0v) is 23.1. The van der Waals surface area contributed by atoms with Crippen molar-refractivity contribution in [1.29, 1.82) is 0 Å². The summed E-state index contributed by atoms with van der Waals surface area (Å²) in [5.74, 6) is -0.177. The molecule has 2 rings (SSSR count). The van der Waals surface area contributed by atoms with Gasteiger partial charge in [-0.05, 0) is 47.9 Å². The predicted molar refractivity (Wildman–Crippen MR) is 160 cm³/mol. The van der Waals surface area contributed by atoms with Crippen molar-refractivity contribution in [2.24, 2.45) is 22.4 Å². The summed E-state index contributed by atoms with van der Waals surface area (Å²) in [4.78, 5) is 29.7. The van der Waals surface area contributed by atoms with Crippen LogP contribution in [0, 0.1) is 5.92 Å². The first kappa shape index (κ1) is 31.4. The van der Waals surface area contributed by atoms with Gasteiger partial charge in [-0.1, -0.05) is 106 Å². The summed E-state index contributed by atoms with van der Waals surface area (Å²) in [6.45, 7) is 2.30. The van der Waals surface area contributed by atoms with Crippen molar-refractivity contribution in [2.45, 2.75) is 77.2 Å². The van der Waals surface area contributed by atoms with Crippen LogP contribution in [-0.4, -0.2) is 40.9 Å². The third-order valence-electron chi connectivity index (χ3n) is 6.63. The van der Waals surface area contributed by atoms with Crippen molar-refractivity contribution >= 4 is 30.1 Å². The number of aromatic amines is 1. The van der Waals surface area contributed by atoms with E-state index in [0.29, 0.717) is 30.2 Å². The maximum absolute atomic E-state index is 11.6. The second-order valence-electron chi connectivity index (χ2n) is 9.87. The van der Waals surface area contributed by atoms with Crippen LogP contribution in [-0.2, 0) is 16.0 Å². The lowest BCUT2D eigenvalue weighted by Gasteiger charge is -2.28. The third kappa shape index (κ3) is 13.5. The average molecular weight is 535 g/mol. The number of aromatic nitrogens is 1. The maximum Gasteiger partial charge on any atom is 0.328 e. The molecule has 1 aromatic heterocycles. The molecule has 0 aliphatic carbocycles. The highest BCUT2D eigenvalue weighted by molar-refractivity contribution is 5.81. The lowest BCUT2D eigenvalue weighted by atomic mass is 9.90. The molecule has 2 unspecified atom stereocenters. The number of H-pyrrole nitrogens is 1. The summed E-state index contributed by atoms with van der Waals surface area (Å²) in [6, 6.07) is 11.3. The number of hydrogen-bond acceptors (Lipinski definition) is 3. The van der Waals surface area contributed by atoms with E-state index in [1.165, 1.54) is 38.2 Å². The normalized spacial score (nSPS) is 13.2. The number of carboxylic acids is 1. The predicted octanol–water partition coefficient (Wildman–Crippen LogP) is 6.27. The second kappa shape index (κ2) is 18.4. The number of guanidine groups is 1. The Labute approximate surface area is 232 Å². The molecule has 39 heavy (non-hydrogen) atoms. The number of aliphatic carboxylic acids is 1. The van der Waals surface area contributed by atoms with Crippen molar-refractivity contribution in [3.05, 3.63) is 76.8 Å². The number of aliphatic imine (C=N–C) groups is 1. The number of carbonyl (C=O) groups is 2. The number of carbonyl (C=O) groups excluding carboxylic acids is 1. The topological polar surface area (TPSA) is 149 Å². The van der Waals surface area contributed by atoms with E-state index in [1.807, 2.05) is 36.4 Å². The molecule has 212 valence electrons. The minimum atomic E-state index is -1.05. The molecule has 0 amide bonds. The molecule has 0 saturated carbocycles. The first-order chi connectivity index (χ1) is 18.9. The number of nitrogens with two attached hydrogens (primary N) is 2. The fraction of sp³-hybridized carbons (Fsp3) is 0.452. The molecule has 0 saturated heterocycles. The van der Waals surface area contributed by atoms with Crippen molar-refractivity contribution < 1.29 is 14.7 Å². The summed E-state index contributed by atoms with van der Waals surface area (Å²) < 4.78 is 0. The van der Waals surface area contributed by atoms with E-state index in [0.717, 1.165) is 36.7 Å². The Bertz CT molecular complexity index is 1070. The van der Waals surface area contributed by atoms with Gasteiger partial charge in [0.1, 0.15) is 6.29 Å². The Kier molecular flexibility index (Phi) is 14.9. The molecule has 1 heterocycles. The molecular formula is C31H44N5O3-. The summed E-state index contributed by atoms with van der Waals surface area (Å²) >= 11 is 0. The number of nitrogens with zero attached hydrogens (tertiary/aromatic N) is 2. The van der Waals surface area contributed by atoms with E-state index in [4.69, 9.17) is 16.8 Å². The van der Waals surface area contributed by atoms with Gasteiger partial charge in [0, 0.05) is 12.5 Å². The molecule has 0 spiro atoms. The molecule has 0 radical (unpaired) electrons. The van der Waals surface area contributed by atoms with Crippen molar-refractivity contribution in [2.75, 3.05) is 6.54 Å². The number of unbranched alkanes of at least 4 members (excludes halogenated alkanes) is 5. The minimum Gasteiger partial charge on any atom is -0.478 e. The van der Waals surface area contributed by atoms with Crippen LogP contribution in [0.1, 0.15) is 75.8 Å². The highest BCUT2D eigenvalue weighted by Crippen LogP contribution is 2.30. The van der Waals surface area contributed by atoms with Gasteiger partial charge in [-0.2, -0.15) is 0 Å². The SMILES string of the molecule is CCCCCCCCC(C=Cc1cccc(CC=O)c1)CCC([N-]c1ccc[nH]1)C(=CC(=O)O)CN=C(N)N. The van der Waals surface area contributed by atoms with Crippen molar-refractivity contribution in [1.82, 2.24) is 4.98 Å². The fourth-order valence-electron chi connectivity index (χ4n) is 4.55. The van der Waals surface area contributed by atoms with Crippen LogP contribution < -0.4 is 11.5 Å². The molecule has 2 aromatic rings. The molecule has 0 aliphatic rings. The molecule has 1 aromatic carbocycles. The van der Waals surface area contributed by atoms with Crippen LogP contribution in [0.25, 0.3) is 11.4 Å². The van der Waals surface area contributed by atoms with E-state index in [2.05, 4.69) is 29.1 Å². The molecule has 0 fully saturated rings. The summed E-state index contributed by atoms with van der Waals surface area (Å²) in [5, 5.41) is 14.3. The lowest BCUT2D eigenvalue weighted by Crippen LogP contribution is -2.24. The first-order valence-electron chi connectivity index (χ1n) is 13.9. The Morgan fingerprint density at radius 1 is 1.08 bits per heavy atom. The Hall–Kier alpha value is -3.81. The zero-order valence-electron chi connectivity index (χ0n) is 23.1. The van der Waals surface area contributed by atoms with E-state index >= 15 is 0 Å². The smallest absolute Gasteiger partial charge is 0.328 e. The van der Waals surface area contributed by atoms with Crippen LogP contribution in [0.2, 0.25) is 0 Å². The molecule has 8 nitrogen and oxygen atoms in total. The minimum absolute atomic E-state index is 0.0744. The quantitative estimate of drug-likeness (QED) is 0.0519. The highest BCUT2D eigenvalue weighted by Gasteiger charge is 2.15. The van der Waals surface area contributed by atoms with Gasteiger partial charge in [0.05, 0.1) is 6.54 Å². The Morgan fingerprint density at radius 3 is 2.56 bits per heavy atom. The second-order valence-corrected chi connectivity index (χ2v) is 9.87. The number of rotatable bonds is 20. The monoisotopic (exact) mass is 534 g/mol. The standard InChI is InChI=1S/C31H44N5O3/c1-2-3-4-5-6-7-10-24(14-15-25-11-8-12-26(21-25)18-20-37)16-17-28(36-29-13-9-19-34-29)27(22-30(38)39)23-35-31(32)33/h8-9,11-15,19-22,24,28,34H,2-7,10,16-18,23H2,1H3,(H,38,39)(H4,32,33,35)/q-1. The van der Waals surface area contributed by atoms with Crippen LogP contribution in [0.5, 0.6) is 0 Å². The summed E-state index contributed by atoms with van der Waals surface area (Å²) in [6.07, 6.45) is 18.5. The number of hydrogen-bond donors (Lipinski definition) is 4. The molecule has 0 bridgehead atoms.